The van der Waals surface area contributed by atoms with Gasteiger partial charge >= 0.3 is 5.97 Å². The second-order valence-corrected chi connectivity index (χ2v) is 7.28. The summed E-state index contributed by atoms with van der Waals surface area (Å²) in [5.41, 5.74) is 1.48. The number of amides is 1. The first kappa shape index (κ1) is 21.5. The highest BCUT2D eigenvalue weighted by Gasteiger charge is 2.26. The summed E-state index contributed by atoms with van der Waals surface area (Å²) in [5, 5.41) is 4.91. The molecule has 3 aromatic rings. The minimum atomic E-state index is -0.723. The van der Waals surface area contributed by atoms with Crippen LogP contribution in [0.5, 0.6) is 5.75 Å². The number of thiophene rings is 1. The van der Waals surface area contributed by atoms with Crippen LogP contribution in [0.3, 0.4) is 0 Å². The Hall–Kier alpha value is -3.19. The lowest BCUT2D eigenvalue weighted by Crippen LogP contribution is -2.32. The van der Waals surface area contributed by atoms with Gasteiger partial charge in [-0.15, -0.1) is 11.3 Å². The van der Waals surface area contributed by atoms with E-state index in [-0.39, 0.29) is 23.9 Å². The van der Waals surface area contributed by atoms with Crippen molar-refractivity contribution in [1.82, 2.24) is 0 Å². The molecule has 1 N–H and O–H groups in total. The minimum absolute atomic E-state index is 0.194. The standard InChI is InChI=1S/C23H22FNO4S/c1-3-19(29-17-8-6-5-7-9-17)21(26)25-22-20(23(27)28-4-2)18(14-30-22)15-10-12-16(24)13-11-15/h5-14,19H,3-4H2,1-2H3,(H,25,26). The second kappa shape index (κ2) is 10.0. The van der Waals surface area contributed by atoms with Gasteiger partial charge in [-0.2, -0.15) is 0 Å². The summed E-state index contributed by atoms with van der Waals surface area (Å²) in [6.45, 7) is 3.75. The van der Waals surface area contributed by atoms with Crippen LogP contribution in [-0.4, -0.2) is 24.6 Å². The van der Waals surface area contributed by atoms with Gasteiger partial charge in [-0.25, -0.2) is 9.18 Å². The maximum absolute atomic E-state index is 13.3. The van der Waals surface area contributed by atoms with Crippen molar-refractivity contribution < 1.29 is 23.5 Å². The molecule has 3 rings (SSSR count). The van der Waals surface area contributed by atoms with E-state index in [2.05, 4.69) is 5.32 Å². The summed E-state index contributed by atoms with van der Waals surface area (Å²) in [4.78, 5) is 25.5. The molecule has 2 aromatic carbocycles. The number of ether oxygens (including phenoxy) is 2. The van der Waals surface area contributed by atoms with Crippen LogP contribution in [-0.2, 0) is 9.53 Å². The Bertz CT molecular complexity index is 1000. The third-order valence-electron chi connectivity index (χ3n) is 4.35. The van der Waals surface area contributed by atoms with Gasteiger partial charge in [-0.05, 0) is 43.2 Å². The maximum atomic E-state index is 13.3. The maximum Gasteiger partial charge on any atom is 0.341 e. The SMILES string of the molecule is CCOC(=O)c1c(-c2ccc(F)cc2)csc1NC(=O)C(CC)Oc1ccccc1. The van der Waals surface area contributed by atoms with Gasteiger partial charge in [0.15, 0.2) is 6.10 Å². The van der Waals surface area contributed by atoms with Crippen molar-refractivity contribution in [1.29, 1.82) is 0 Å². The normalized spacial score (nSPS) is 11.6. The molecule has 0 saturated heterocycles. The van der Waals surface area contributed by atoms with E-state index in [4.69, 9.17) is 9.47 Å². The lowest BCUT2D eigenvalue weighted by Gasteiger charge is -2.17. The molecular formula is C23H22FNO4S. The molecule has 0 radical (unpaired) electrons. The first-order valence-electron chi connectivity index (χ1n) is 9.60. The molecule has 0 aliphatic heterocycles. The number of para-hydroxylation sites is 1. The summed E-state index contributed by atoms with van der Waals surface area (Å²) in [5.74, 6) is -0.697. The molecule has 156 valence electrons. The zero-order valence-corrected chi connectivity index (χ0v) is 17.5. The Morgan fingerprint density at radius 2 is 1.77 bits per heavy atom. The van der Waals surface area contributed by atoms with E-state index < -0.39 is 12.1 Å². The van der Waals surface area contributed by atoms with E-state index in [1.54, 1.807) is 36.6 Å². The number of anilines is 1. The van der Waals surface area contributed by atoms with Gasteiger partial charge in [0, 0.05) is 10.9 Å². The molecule has 1 atom stereocenters. The molecule has 0 fully saturated rings. The molecule has 0 aliphatic carbocycles. The van der Waals surface area contributed by atoms with Crippen molar-refractivity contribution in [3.63, 3.8) is 0 Å². The van der Waals surface area contributed by atoms with Gasteiger partial charge in [0.05, 0.1) is 6.61 Å². The van der Waals surface area contributed by atoms with Crippen LogP contribution in [0, 0.1) is 5.82 Å². The number of benzene rings is 2. The van der Waals surface area contributed by atoms with Gasteiger partial charge in [0.2, 0.25) is 0 Å². The van der Waals surface area contributed by atoms with E-state index in [1.807, 2.05) is 25.1 Å². The topological polar surface area (TPSA) is 64.6 Å². The summed E-state index contributed by atoms with van der Waals surface area (Å²) in [6, 6.07) is 14.9. The van der Waals surface area contributed by atoms with Crippen LogP contribution in [0.15, 0.2) is 60.0 Å². The monoisotopic (exact) mass is 427 g/mol. The first-order chi connectivity index (χ1) is 14.5. The van der Waals surface area contributed by atoms with Crippen LogP contribution in [0.2, 0.25) is 0 Å². The van der Waals surface area contributed by atoms with Crippen molar-refractivity contribution in [3.8, 4) is 16.9 Å². The van der Waals surface area contributed by atoms with Gasteiger partial charge < -0.3 is 14.8 Å². The molecular weight excluding hydrogens is 405 g/mol. The summed E-state index contributed by atoms with van der Waals surface area (Å²) < 4.78 is 24.3. The number of hydrogen-bond donors (Lipinski definition) is 1. The van der Waals surface area contributed by atoms with Crippen LogP contribution < -0.4 is 10.1 Å². The highest BCUT2D eigenvalue weighted by molar-refractivity contribution is 7.15. The van der Waals surface area contributed by atoms with Gasteiger partial charge in [0.25, 0.3) is 5.91 Å². The molecule has 7 heteroatoms. The fourth-order valence-electron chi connectivity index (χ4n) is 2.88. The van der Waals surface area contributed by atoms with E-state index in [9.17, 15) is 14.0 Å². The Balaban J connectivity index is 1.88. The average molecular weight is 427 g/mol. The molecule has 0 aliphatic rings. The predicted molar refractivity (Wildman–Crippen MR) is 115 cm³/mol. The highest BCUT2D eigenvalue weighted by Crippen LogP contribution is 2.36. The summed E-state index contributed by atoms with van der Waals surface area (Å²) in [7, 11) is 0. The third-order valence-corrected chi connectivity index (χ3v) is 5.24. The van der Waals surface area contributed by atoms with Crippen LogP contribution in [0.4, 0.5) is 9.39 Å². The van der Waals surface area contributed by atoms with E-state index >= 15 is 0 Å². The number of carbonyl (C=O) groups is 2. The first-order valence-corrected chi connectivity index (χ1v) is 10.5. The lowest BCUT2D eigenvalue weighted by molar-refractivity contribution is -0.122. The average Bonchev–Trinajstić information content (AvgIpc) is 3.17. The zero-order chi connectivity index (χ0) is 21.5. The Labute approximate surface area is 178 Å². The minimum Gasteiger partial charge on any atom is -0.481 e. The molecule has 5 nitrogen and oxygen atoms in total. The fraction of sp³-hybridized carbons (Fsp3) is 0.217. The number of halogens is 1. The van der Waals surface area contributed by atoms with Gasteiger partial charge in [-0.1, -0.05) is 37.3 Å². The number of nitrogens with one attached hydrogen (secondary N) is 1. The number of esters is 1. The zero-order valence-electron chi connectivity index (χ0n) is 16.7. The lowest BCUT2D eigenvalue weighted by atomic mass is 10.0. The molecule has 0 spiro atoms. The van der Waals surface area contributed by atoms with Crippen LogP contribution in [0.1, 0.15) is 30.6 Å². The number of carbonyl (C=O) groups excluding carboxylic acids is 2. The molecule has 1 heterocycles. The number of hydrogen-bond acceptors (Lipinski definition) is 5. The van der Waals surface area contributed by atoms with E-state index in [0.29, 0.717) is 28.3 Å². The molecule has 0 bridgehead atoms. The van der Waals surface area contributed by atoms with Crippen molar-refractivity contribution in [2.45, 2.75) is 26.4 Å². The van der Waals surface area contributed by atoms with E-state index in [0.717, 1.165) is 0 Å². The van der Waals surface area contributed by atoms with Crippen molar-refractivity contribution in [3.05, 3.63) is 71.4 Å². The summed E-state index contributed by atoms with van der Waals surface area (Å²) in [6.07, 6.45) is -0.273. The molecule has 1 aromatic heterocycles. The van der Waals surface area contributed by atoms with Gasteiger partial charge in [-0.3, -0.25) is 4.79 Å². The fourth-order valence-corrected chi connectivity index (χ4v) is 3.84. The quantitative estimate of drug-likeness (QED) is 0.480. The second-order valence-electron chi connectivity index (χ2n) is 6.40. The molecule has 0 saturated carbocycles. The molecule has 1 amide bonds. The van der Waals surface area contributed by atoms with Crippen molar-refractivity contribution >= 4 is 28.2 Å². The Morgan fingerprint density at radius 1 is 1.07 bits per heavy atom. The Morgan fingerprint density at radius 3 is 2.40 bits per heavy atom. The van der Waals surface area contributed by atoms with Crippen LogP contribution >= 0.6 is 11.3 Å². The third kappa shape index (κ3) is 5.04. The van der Waals surface area contributed by atoms with Crippen molar-refractivity contribution in [2.24, 2.45) is 0 Å². The summed E-state index contributed by atoms with van der Waals surface area (Å²) >= 11 is 1.21. The Kier molecular flexibility index (Phi) is 7.19. The molecule has 30 heavy (non-hydrogen) atoms. The number of rotatable bonds is 8. The predicted octanol–water partition coefficient (Wildman–Crippen LogP) is 5.53. The largest absolute Gasteiger partial charge is 0.481 e. The van der Waals surface area contributed by atoms with Crippen molar-refractivity contribution in [2.75, 3.05) is 11.9 Å². The highest BCUT2D eigenvalue weighted by atomic mass is 32.1. The van der Waals surface area contributed by atoms with E-state index in [1.165, 1.54) is 23.5 Å². The molecule has 1 unspecified atom stereocenters. The smallest absolute Gasteiger partial charge is 0.341 e. The van der Waals surface area contributed by atoms with Crippen LogP contribution in [0.25, 0.3) is 11.1 Å². The van der Waals surface area contributed by atoms with Gasteiger partial charge in [0.1, 0.15) is 22.1 Å².